The standard InChI is InChI=1S/C13H15N3OS/c1-3-11(10-7-5-4-6-8-10)12(17)14-13-16-15-9(2)18-13/h4-8,11H,3H2,1-2H3,(H,14,16,17)/t11-/m1/s1. The van der Waals surface area contributed by atoms with E-state index in [4.69, 9.17) is 0 Å². The SMILES string of the molecule is CC[C@@H](C(=O)Nc1nnc(C)s1)c1ccccc1. The minimum absolute atomic E-state index is 0.0279. The second kappa shape index (κ2) is 5.73. The van der Waals surface area contributed by atoms with Crippen molar-refractivity contribution < 1.29 is 4.79 Å². The van der Waals surface area contributed by atoms with Crippen LogP contribution in [-0.2, 0) is 4.79 Å². The Kier molecular flexibility index (Phi) is 4.04. The van der Waals surface area contributed by atoms with Gasteiger partial charge >= 0.3 is 0 Å². The first kappa shape index (κ1) is 12.7. The molecule has 0 aliphatic rings. The number of nitrogens with one attached hydrogen (secondary N) is 1. The Morgan fingerprint density at radius 2 is 2.06 bits per heavy atom. The van der Waals surface area contributed by atoms with Crippen LogP contribution < -0.4 is 5.32 Å². The molecule has 2 aromatic rings. The Labute approximate surface area is 110 Å². The molecule has 0 unspecified atom stereocenters. The highest BCUT2D eigenvalue weighted by molar-refractivity contribution is 7.15. The van der Waals surface area contributed by atoms with Crippen molar-refractivity contribution in [3.05, 3.63) is 40.9 Å². The normalized spacial score (nSPS) is 12.1. The van der Waals surface area contributed by atoms with Crippen LogP contribution in [0.2, 0.25) is 0 Å². The lowest BCUT2D eigenvalue weighted by Gasteiger charge is -2.13. The van der Waals surface area contributed by atoms with E-state index < -0.39 is 0 Å². The molecule has 1 aromatic heterocycles. The van der Waals surface area contributed by atoms with Crippen molar-refractivity contribution in [1.29, 1.82) is 0 Å². The molecular formula is C13H15N3OS. The van der Waals surface area contributed by atoms with E-state index in [1.165, 1.54) is 11.3 Å². The fraction of sp³-hybridized carbons (Fsp3) is 0.308. The van der Waals surface area contributed by atoms with E-state index in [1.54, 1.807) is 0 Å². The lowest BCUT2D eigenvalue weighted by molar-refractivity contribution is -0.117. The molecule has 1 aromatic carbocycles. The summed E-state index contributed by atoms with van der Waals surface area (Å²) >= 11 is 1.38. The van der Waals surface area contributed by atoms with Gasteiger partial charge in [0.05, 0.1) is 5.92 Å². The van der Waals surface area contributed by atoms with Gasteiger partial charge in [-0.1, -0.05) is 48.6 Å². The Morgan fingerprint density at radius 1 is 1.33 bits per heavy atom. The summed E-state index contributed by atoms with van der Waals surface area (Å²) in [5, 5.41) is 12.0. The predicted octanol–water partition coefficient (Wildman–Crippen LogP) is 2.98. The van der Waals surface area contributed by atoms with Gasteiger partial charge < -0.3 is 0 Å². The maximum absolute atomic E-state index is 12.2. The zero-order valence-corrected chi connectivity index (χ0v) is 11.2. The zero-order chi connectivity index (χ0) is 13.0. The van der Waals surface area contributed by atoms with Gasteiger partial charge in [-0.3, -0.25) is 10.1 Å². The molecular weight excluding hydrogens is 246 g/mol. The van der Waals surface area contributed by atoms with Crippen molar-refractivity contribution in [2.75, 3.05) is 5.32 Å². The third-order valence-electron chi connectivity index (χ3n) is 2.68. The summed E-state index contributed by atoms with van der Waals surface area (Å²) in [7, 11) is 0. The summed E-state index contributed by atoms with van der Waals surface area (Å²) in [5.74, 6) is -0.171. The summed E-state index contributed by atoms with van der Waals surface area (Å²) < 4.78 is 0. The van der Waals surface area contributed by atoms with Crippen LogP contribution in [-0.4, -0.2) is 16.1 Å². The van der Waals surface area contributed by atoms with Gasteiger partial charge in [0, 0.05) is 0 Å². The molecule has 18 heavy (non-hydrogen) atoms. The molecule has 5 heteroatoms. The van der Waals surface area contributed by atoms with E-state index in [9.17, 15) is 4.79 Å². The van der Waals surface area contributed by atoms with Gasteiger partial charge in [0.15, 0.2) is 0 Å². The molecule has 2 rings (SSSR count). The highest BCUT2D eigenvalue weighted by Gasteiger charge is 2.19. The molecule has 1 amide bonds. The molecule has 0 saturated heterocycles. The maximum atomic E-state index is 12.2. The van der Waals surface area contributed by atoms with Gasteiger partial charge in [0.2, 0.25) is 11.0 Å². The van der Waals surface area contributed by atoms with Gasteiger partial charge in [-0.05, 0) is 18.9 Å². The molecule has 0 aliphatic heterocycles. The van der Waals surface area contributed by atoms with Crippen molar-refractivity contribution >= 4 is 22.4 Å². The minimum Gasteiger partial charge on any atom is -0.300 e. The molecule has 0 bridgehead atoms. The molecule has 1 N–H and O–H groups in total. The van der Waals surface area contributed by atoms with Crippen molar-refractivity contribution in [3.63, 3.8) is 0 Å². The third-order valence-corrected chi connectivity index (χ3v) is 3.44. The van der Waals surface area contributed by atoms with Crippen LogP contribution in [0.25, 0.3) is 0 Å². The number of carbonyl (C=O) groups is 1. The Hall–Kier alpha value is -1.75. The lowest BCUT2D eigenvalue weighted by Crippen LogP contribution is -2.20. The molecule has 0 spiro atoms. The number of aryl methyl sites for hydroxylation is 1. The molecule has 94 valence electrons. The van der Waals surface area contributed by atoms with Crippen LogP contribution in [0.5, 0.6) is 0 Å². The number of nitrogens with zero attached hydrogens (tertiary/aromatic N) is 2. The first-order valence-corrected chi connectivity index (χ1v) is 6.68. The van der Waals surface area contributed by atoms with E-state index >= 15 is 0 Å². The second-order valence-corrected chi connectivity index (χ2v) is 5.17. The minimum atomic E-state index is -0.143. The van der Waals surface area contributed by atoms with E-state index in [-0.39, 0.29) is 11.8 Å². The summed E-state index contributed by atoms with van der Waals surface area (Å²) in [6.45, 7) is 3.87. The van der Waals surface area contributed by atoms with Gasteiger partial charge in [-0.2, -0.15) is 0 Å². The van der Waals surface area contributed by atoms with E-state index in [0.29, 0.717) is 5.13 Å². The van der Waals surface area contributed by atoms with Crippen LogP contribution in [0.15, 0.2) is 30.3 Å². The zero-order valence-electron chi connectivity index (χ0n) is 10.4. The highest BCUT2D eigenvalue weighted by Crippen LogP contribution is 2.22. The summed E-state index contributed by atoms with van der Waals surface area (Å²) in [6.07, 6.45) is 0.758. The number of aromatic nitrogens is 2. The molecule has 1 atom stereocenters. The monoisotopic (exact) mass is 261 g/mol. The molecule has 0 radical (unpaired) electrons. The van der Waals surface area contributed by atoms with Crippen LogP contribution in [0.1, 0.15) is 29.8 Å². The summed E-state index contributed by atoms with van der Waals surface area (Å²) in [5.41, 5.74) is 1.03. The van der Waals surface area contributed by atoms with Crippen molar-refractivity contribution in [2.45, 2.75) is 26.2 Å². The predicted molar refractivity (Wildman–Crippen MR) is 72.7 cm³/mol. The lowest BCUT2D eigenvalue weighted by atomic mass is 9.96. The van der Waals surface area contributed by atoms with Crippen LogP contribution >= 0.6 is 11.3 Å². The van der Waals surface area contributed by atoms with Gasteiger partial charge in [0.1, 0.15) is 5.01 Å². The van der Waals surface area contributed by atoms with E-state index in [0.717, 1.165) is 17.0 Å². The van der Waals surface area contributed by atoms with Crippen LogP contribution in [0, 0.1) is 6.92 Å². The quantitative estimate of drug-likeness (QED) is 0.920. The number of hydrogen-bond acceptors (Lipinski definition) is 4. The smallest absolute Gasteiger partial charge is 0.233 e. The molecule has 0 fully saturated rings. The average molecular weight is 261 g/mol. The number of anilines is 1. The summed E-state index contributed by atoms with van der Waals surface area (Å²) in [4.78, 5) is 12.2. The topological polar surface area (TPSA) is 54.9 Å². The Morgan fingerprint density at radius 3 is 2.61 bits per heavy atom. The fourth-order valence-electron chi connectivity index (χ4n) is 1.80. The fourth-order valence-corrected chi connectivity index (χ4v) is 2.39. The first-order chi connectivity index (χ1) is 8.70. The molecule has 0 saturated carbocycles. The van der Waals surface area contributed by atoms with Crippen LogP contribution in [0.3, 0.4) is 0 Å². The highest BCUT2D eigenvalue weighted by atomic mass is 32.1. The number of amides is 1. The van der Waals surface area contributed by atoms with Crippen molar-refractivity contribution in [2.24, 2.45) is 0 Å². The maximum Gasteiger partial charge on any atom is 0.233 e. The van der Waals surface area contributed by atoms with E-state index in [1.807, 2.05) is 44.2 Å². The molecule has 4 nitrogen and oxygen atoms in total. The van der Waals surface area contributed by atoms with Crippen molar-refractivity contribution in [1.82, 2.24) is 10.2 Å². The molecule has 1 heterocycles. The van der Waals surface area contributed by atoms with Gasteiger partial charge in [-0.15, -0.1) is 10.2 Å². The van der Waals surface area contributed by atoms with Gasteiger partial charge in [-0.25, -0.2) is 0 Å². The third kappa shape index (κ3) is 2.92. The average Bonchev–Trinajstić information content (AvgIpc) is 2.77. The Bertz CT molecular complexity index is 524. The van der Waals surface area contributed by atoms with Crippen molar-refractivity contribution in [3.8, 4) is 0 Å². The Balaban J connectivity index is 2.11. The number of benzene rings is 1. The first-order valence-electron chi connectivity index (χ1n) is 5.86. The summed E-state index contributed by atoms with van der Waals surface area (Å²) in [6, 6.07) is 9.78. The van der Waals surface area contributed by atoms with Gasteiger partial charge in [0.25, 0.3) is 0 Å². The number of rotatable bonds is 4. The molecule has 0 aliphatic carbocycles. The number of hydrogen-bond donors (Lipinski definition) is 1. The van der Waals surface area contributed by atoms with Crippen LogP contribution in [0.4, 0.5) is 5.13 Å². The second-order valence-electron chi connectivity index (χ2n) is 3.99. The number of carbonyl (C=O) groups excluding carboxylic acids is 1. The van der Waals surface area contributed by atoms with E-state index in [2.05, 4.69) is 15.5 Å². The largest absolute Gasteiger partial charge is 0.300 e.